The van der Waals surface area contributed by atoms with Gasteiger partial charge < -0.3 is 9.84 Å². The van der Waals surface area contributed by atoms with E-state index in [-0.39, 0.29) is 16.7 Å². The SMILES string of the molecule is O=C(Nc1ccc(S(=O)(=O)N2CCCCCC2)cc1)C1CCN(Cc2nc(-c3cccs3)no2)CC1. The van der Waals surface area contributed by atoms with Gasteiger partial charge in [0.15, 0.2) is 0 Å². The molecule has 1 N–H and O–H groups in total. The Morgan fingerprint density at radius 3 is 2.42 bits per heavy atom. The van der Waals surface area contributed by atoms with E-state index in [2.05, 4.69) is 20.4 Å². The van der Waals surface area contributed by atoms with E-state index in [9.17, 15) is 13.2 Å². The van der Waals surface area contributed by atoms with Crippen molar-refractivity contribution in [3.63, 3.8) is 0 Å². The molecule has 1 amide bonds. The molecule has 2 aromatic heterocycles. The fourth-order valence-corrected chi connectivity index (χ4v) is 6.92. The van der Waals surface area contributed by atoms with Gasteiger partial charge in [0.05, 0.1) is 16.3 Å². The predicted octanol–water partition coefficient (Wildman–Crippen LogP) is 4.21. The maximum atomic E-state index is 13.0. The Balaban J connectivity index is 1.11. The van der Waals surface area contributed by atoms with Crippen LogP contribution in [-0.4, -0.2) is 59.8 Å². The quantitative estimate of drug-likeness (QED) is 0.488. The molecule has 2 saturated heterocycles. The molecule has 5 rings (SSSR count). The second-order valence-electron chi connectivity index (χ2n) is 9.37. The Kier molecular flexibility index (Phi) is 7.80. The normalized spacial score (nSPS) is 18.7. The number of sulfonamides is 1. The molecule has 0 radical (unpaired) electrons. The van der Waals surface area contributed by atoms with Crippen LogP contribution in [0.2, 0.25) is 0 Å². The number of rotatable bonds is 7. The van der Waals surface area contributed by atoms with Gasteiger partial charge in [0, 0.05) is 24.7 Å². The number of nitrogens with zero attached hydrogens (tertiary/aromatic N) is 4. The zero-order valence-corrected chi connectivity index (χ0v) is 21.8. The summed E-state index contributed by atoms with van der Waals surface area (Å²) in [6.07, 6.45) is 5.42. The lowest BCUT2D eigenvalue weighted by Gasteiger charge is -2.30. The van der Waals surface area contributed by atoms with E-state index in [1.54, 1.807) is 39.9 Å². The van der Waals surface area contributed by atoms with Crippen LogP contribution in [0.3, 0.4) is 0 Å². The first-order valence-electron chi connectivity index (χ1n) is 12.5. The number of likely N-dealkylation sites (tertiary alicyclic amines) is 1. The zero-order valence-electron chi connectivity index (χ0n) is 20.1. The first kappa shape index (κ1) is 25.1. The third kappa shape index (κ3) is 5.86. The summed E-state index contributed by atoms with van der Waals surface area (Å²) in [6.45, 7) is 3.24. The molecule has 1 aromatic carbocycles. The highest BCUT2D eigenvalue weighted by Crippen LogP contribution is 2.25. The second-order valence-corrected chi connectivity index (χ2v) is 12.3. The van der Waals surface area contributed by atoms with Crippen LogP contribution in [0, 0.1) is 5.92 Å². The summed E-state index contributed by atoms with van der Waals surface area (Å²) in [5, 5.41) is 9.00. The molecule has 0 bridgehead atoms. The summed E-state index contributed by atoms with van der Waals surface area (Å²) in [4.78, 5) is 20.8. The van der Waals surface area contributed by atoms with Crippen LogP contribution in [0.5, 0.6) is 0 Å². The Hall–Kier alpha value is -2.60. The number of carbonyl (C=O) groups excluding carboxylic acids is 1. The minimum Gasteiger partial charge on any atom is -0.338 e. The number of benzene rings is 1. The molecule has 0 unspecified atom stereocenters. The van der Waals surface area contributed by atoms with E-state index in [0.29, 0.717) is 37.0 Å². The fraction of sp³-hybridized carbons (Fsp3) is 0.480. The topological polar surface area (TPSA) is 109 Å². The molecule has 0 atom stereocenters. The molecule has 3 aromatic rings. The lowest BCUT2D eigenvalue weighted by Crippen LogP contribution is -2.37. The van der Waals surface area contributed by atoms with E-state index in [1.807, 2.05) is 17.5 Å². The maximum Gasteiger partial charge on any atom is 0.243 e. The lowest BCUT2D eigenvalue weighted by molar-refractivity contribution is -0.121. The van der Waals surface area contributed by atoms with Gasteiger partial charge in [0.2, 0.25) is 27.6 Å². The van der Waals surface area contributed by atoms with E-state index in [1.165, 1.54) is 0 Å². The van der Waals surface area contributed by atoms with Gasteiger partial charge in [-0.15, -0.1) is 11.3 Å². The minimum atomic E-state index is -3.50. The zero-order chi connectivity index (χ0) is 25.0. The molecular formula is C25H31N5O4S2. The minimum absolute atomic E-state index is 0.0319. The van der Waals surface area contributed by atoms with E-state index < -0.39 is 10.0 Å². The standard InChI is InChI=1S/C25H31N5O4S2/c31-25(26-20-7-9-21(10-8-20)36(32,33)30-13-3-1-2-4-14-30)19-11-15-29(16-12-19)18-23-27-24(28-34-23)22-6-5-17-35-22/h5-10,17,19H,1-4,11-16,18H2,(H,26,31). The van der Waals surface area contributed by atoms with Gasteiger partial charge >= 0.3 is 0 Å². The largest absolute Gasteiger partial charge is 0.338 e. The van der Waals surface area contributed by atoms with Crippen LogP contribution in [0.4, 0.5) is 5.69 Å². The summed E-state index contributed by atoms with van der Waals surface area (Å²) in [6, 6.07) is 10.5. The molecule has 0 spiro atoms. The third-order valence-electron chi connectivity index (χ3n) is 6.85. The van der Waals surface area contributed by atoms with Gasteiger partial charge in [-0.05, 0) is 74.5 Å². The van der Waals surface area contributed by atoms with Crippen LogP contribution in [-0.2, 0) is 21.4 Å². The molecular weight excluding hydrogens is 498 g/mol. The van der Waals surface area contributed by atoms with Crippen LogP contribution >= 0.6 is 11.3 Å². The van der Waals surface area contributed by atoms with Crippen molar-refractivity contribution >= 4 is 33.0 Å². The second kappa shape index (κ2) is 11.2. The number of aromatic nitrogens is 2. The molecule has 2 fully saturated rings. The van der Waals surface area contributed by atoms with Gasteiger partial charge in [0.25, 0.3) is 0 Å². The van der Waals surface area contributed by atoms with Gasteiger partial charge in [0.1, 0.15) is 0 Å². The van der Waals surface area contributed by atoms with Gasteiger partial charge in [-0.1, -0.05) is 24.1 Å². The molecule has 2 aliphatic heterocycles. The van der Waals surface area contributed by atoms with E-state index in [0.717, 1.165) is 56.5 Å². The number of nitrogens with one attached hydrogen (secondary N) is 1. The summed E-state index contributed by atoms with van der Waals surface area (Å²) >= 11 is 1.57. The Labute approximate surface area is 215 Å². The maximum absolute atomic E-state index is 13.0. The average Bonchev–Trinajstić information content (AvgIpc) is 3.51. The summed E-state index contributed by atoms with van der Waals surface area (Å²) in [7, 11) is -3.50. The number of hydrogen-bond donors (Lipinski definition) is 1. The predicted molar refractivity (Wildman–Crippen MR) is 138 cm³/mol. The van der Waals surface area contributed by atoms with Crippen molar-refractivity contribution in [2.45, 2.75) is 50.0 Å². The highest BCUT2D eigenvalue weighted by atomic mass is 32.2. The van der Waals surface area contributed by atoms with E-state index >= 15 is 0 Å². The molecule has 192 valence electrons. The number of carbonyl (C=O) groups is 1. The molecule has 0 saturated carbocycles. The summed E-state index contributed by atoms with van der Waals surface area (Å²) in [5.74, 6) is 1.07. The third-order valence-corrected chi connectivity index (χ3v) is 9.63. The first-order chi connectivity index (χ1) is 17.5. The lowest BCUT2D eigenvalue weighted by atomic mass is 9.96. The number of anilines is 1. The van der Waals surface area contributed by atoms with Crippen molar-refractivity contribution in [2.75, 3.05) is 31.5 Å². The Morgan fingerprint density at radius 2 is 1.75 bits per heavy atom. The van der Waals surface area contributed by atoms with Crippen molar-refractivity contribution < 1.29 is 17.7 Å². The molecule has 11 heteroatoms. The smallest absolute Gasteiger partial charge is 0.243 e. The first-order valence-corrected chi connectivity index (χ1v) is 14.8. The van der Waals surface area contributed by atoms with Crippen molar-refractivity contribution in [3.05, 3.63) is 47.7 Å². The van der Waals surface area contributed by atoms with Crippen molar-refractivity contribution in [3.8, 4) is 10.7 Å². The van der Waals surface area contributed by atoms with Crippen molar-refractivity contribution in [1.29, 1.82) is 0 Å². The highest BCUT2D eigenvalue weighted by Gasteiger charge is 2.27. The summed E-state index contributed by atoms with van der Waals surface area (Å²) in [5.41, 5.74) is 0.615. The molecule has 9 nitrogen and oxygen atoms in total. The molecule has 0 aliphatic carbocycles. The van der Waals surface area contributed by atoms with Crippen molar-refractivity contribution in [1.82, 2.24) is 19.3 Å². The number of amides is 1. The van der Waals surface area contributed by atoms with Gasteiger partial charge in [-0.25, -0.2) is 8.42 Å². The van der Waals surface area contributed by atoms with Gasteiger partial charge in [-0.2, -0.15) is 9.29 Å². The average molecular weight is 530 g/mol. The van der Waals surface area contributed by atoms with Gasteiger partial charge in [-0.3, -0.25) is 9.69 Å². The molecule has 36 heavy (non-hydrogen) atoms. The fourth-order valence-electron chi connectivity index (χ4n) is 4.76. The van der Waals surface area contributed by atoms with Crippen LogP contribution in [0.25, 0.3) is 10.7 Å². The van der Waals surface area contributed by atoms with Crippen molar-refractivity contribution in [2.24, 2.45) is 5.92 Å². The Bertz CT molecular complexity index is 1240. The van der Waals surface area contributed by atoms with Crippen LogP contribution in [0.1, 0.15) is 44.4 Å². The molecule has 2 aliphatic rings. The number of hydrogen-bond acceptors (Lipinski definition) is 8. The number of thiophene rings is 1. The van der Waals surface area contributed by atoms with Crippen LogP contribution in [0.15, 0.2) is 51.2 Å². The van der Waals surface area contributed by atoms with E-state index in [4.69, 9.17) is 4.52 Å². The van der Waals surface area contributed by atoms with Crippen LogP contribution < -0.4 is 5.32 Å². The Morgan fingerprint density at radius 1 is 1.03 bits per heavy atom. The summed E-state index contributed by atoms with van der Waals surface area (Å²) < 4.78 is 32.9. The number of piperidine rings is 1. The molecule has 4 heterocycles. The monoisotopic (exact) mass is 529 g/mol. The highest BCUT2D eigenvalue weighted by molar-refractivity contribution is 7.89.